The Morgan fingerprint density at radius 1 is 1.43 bits per heavy atom. The zero-order valence-corrected chi connectivity index (χ0v) is 12.1. The van der Waals surface area contributed by atoms with Crippen molar-refractivity contribution >= 4 is 21.6 Å². The van der Waals surface area contributed by atoms with E-state index in [1.807, 2.05) is 0 Å². The molecule has 21 heavy (non-hydrogen) atoms. The number of benzene rings is 1. The third kappa shape index (κ3) is 2.90. The number of nitrogens with one attached hydrogen (secondary N) is 1. The van der Waals surface area contributed by atoms with Gasteiger partial charge in [0.15, 0.2) is 5.82 Å². The van der Waals surface area contributed by atoms with Crippen molar-refractivity contribution < 1.29 is 9.60 Å². The number of nitrogens with zero attached hydrogens (tertiary/aromatic N) is 6. The van der Waals surface area contributed by atoms with E-state index < -0.39 is 0 Å². The van der Waals surface area contributed by atoms with Crippen LogP contribution in [0.1, 0.15) is 5.82 Å². The van der Waals surface area contributed by atoms with E-state index >= 15 is 0 Å². The molecule has 0 spiro atoms. The number of aromatic amines is 1. The van der Waals surface area contributed by atoms with Crippen molar-refractivity contribution in [2.45, 2.75) is 6.54 Å². The second-order valence-electron chi connectivity index (χ2n) is 4.13. The van der Waals surface area contributed by atoms with E-state index in [2.05, 4.69) is 41.7 Å². The van der Waals surface area contributed by atoms with Gasteiger partial charge in [-0.3, -0.25) is 5.21 Å². The summed E-state index contributed by atoms with van der Waals surface area (Å²) in [5.41, 5.74) is 1.10. The van der Waals surface area contributed by atoms with E-state index in [1.165, 1.54) is 16.9 Å². The van der Waals surface area contributed by atoms with E-state index in [0.29, 0.717) is 21.7 Å². The van der Waals surface area contributed by atoms with Gasteiger partial charge in [0, 0.05) is 0 Å². The van der Waals surface area contributed by atoms with Crippen LogP contribution in [0.2, 0.25) is 0 Å². The highest BCUT2D eigenvalue weighted by Crippen LogP contribution is 2.21. The zero-order valence-electron chi connectivity index (χ0n) is 10.5. The molecule has 0 aliphatic heterocycles. The van der Waals surface area contributed by atoms with Crippen LogP contribution >= 0.6 is 15.9 Å². The van der Waals surface area contributed by atoms with Gasteiger partial charge in [0.25, 0.3) is 0 Å². The quantitative estimate of drug-likeness (QED) is 0.693. The zero-order chi connectivity index (χ0) is 14.8. The highest BCUT2D eigenvalue weighted by atomic mass is 79.9. The molecular weight excluding hydrogens is 345 g/mol. The van der Waals surface area contributed by atoms with Crippen LogP contribution in [0.25, 0.3) is 5.69 Å². The molecule has 0 aliphatic rings. The standard InChI is InChI=1S/C11H9BrFN7O/c12-9-3-7(1-2-10(9)13)19-5-8(4-14-19)20(21)6-11-15-17-18-16-11/h1-5,21H,6H2,(H,15,16,17,18). The van der Waals surface area contributed by atoms with Crippen LogP contribution in [0.5, 0.6) is 0 Å². The number of tetrazole rings is 1. The SMILES string of the molecule is ON(Cc1nn[nH]n1)c1cnn(-c2ccc(F)c(Br)c2)c1. The summed E-state index contributed by atoms with van der Waals surface area (Å²) in [6.07, 6.45) is 3.07. The molecule has 2 heterocycles. The van der Waals surface area contributed by atoms with Crippen molar-refractivity contribution in [1.29, 1.82) is 0 Å². The van der Waals surface area contributed by atoms with Gasteiger partial charge >= 0.3 is 0 Å². The van der Waals surface area contributed by atoms with E-state index in [9.17, 15) is 9.60 Å². The lowest BCUT2D eigenvalue weighted by atomic mass is 10.3. The molecule has 108 valence electrons. The minimum absolute atomic E-state index is 0.0648. The minimum Gasteiger partial charge on any atom is -0.288 e. The monoisotopic (exact) mass is 353 g/mol. The van der Waals surface area contributed by atoms with Gasteiger partial charge in [-0.2, -0.15) is 10.3 Å². The Kier molecular flexibility index (Phi) is 3.62. The highest BCUT2D eigenvalue weighted by molar-refractivity contribution is 9.10. The topological polar surface area (TPSA) is 95.8 Å². The summed E-state index contributed by atoms with van der Waals surface area (Å²) in [4.78, 5) is 0. The number of aromatic nitrogens is 6. The van der Waals surface area contributed by atoms with Gasteiger partial charge in [0.05, 0.1) is 22.6 Å². The summed E-state index contributed by atoms with van der Waals surface area (Å²) in [5, 5.41) is 28.2. The third-order valence-electron chi connectivity index (χ3n) is 2.72. The third-order valence-corrected chi connectivity index (χ3v) is 3.32. The molecule has 3 aromatic rings. The Balaban J connectivity index is 1.80. The Labute approximate surface area is 126 Å². The predicted molar refractivity (Wildman–Crippen MR) is 73.4 cm³/mol. The van der Waals surface area contributed by atoms with Gasteiger partial charge in [-0.25, -0.2) is 14.1 Å². The number of anilines is 1. The number of rotatable bonds is 4. The maximum absolute atomic E-state index is 13.2. The van der Waals surface area contributed by atoms with Crippen molar-refractivity contribution in [3.63, 3.8) is 0 Å². The van der Waals surface area contributed by atoms with Gasteiger partial charge in [0.2, 0.25) is 0 Å². The van der Waals surface area contributed by atoms with Crippen LogP contribution in [0, 0.1) is 5.82 Å². The van der Waals surface area contributed by atoms with E-state index in [0.717, 1.165) is 5.06 Å². The smallest absolute Gasteiger partial charge is 0.196 e. The van der Waals surface area contributed by atoms with Crippen LogP contribution in [-0.2, 0) is 6.54 Å². The fourth-order valence-corrected chi connectivity index (χ4v) is 2.06. The van der Waals surface area contributed by atoms with Crippen LogP contribution in [0.3, 0.4) is 0 Å². The molecule has 0 aliphatic carbocycles. The molecular formula is C11H9BrFN7O. The van der Waals surface area contributed by atoms with Gasteiger partial charge in [-0.1, -0.05) is 5.21 Å². The molecule has 0 unspecified atom stereocenters. The molecule has 0 saturated heterocycles. The molecule has 0 bridgehead atoms. The van der Waals surface area contributed by atoms with Crippen LogP contribution < -0.4 is 5.06 Å². The molecule has 8 nitrogen and oxygen atoms in total. The number of hydroxylamine groups is 1. The van der Waals surface area contributed by atoms with Gasteiger partial charge in [-0.15, -0.1) is 10.2 Å². The second-order valence-corrected chi connectivity index (χ2v) is 4.98. The Hall–Kier alpha value is -2.33. The van der Waals surface area contributed by atoms with E-state index in [4.69, 9.17) is 0 Å². The first-order chi connectivity index (χ1) is 10.1. The molecule has 10 heteroatoms. The average molecular weight is 354 g/mol. The maximum Gasteiger partial charge on any atom is 0.196 e. The Morgan fingerprint density at radius 2 is 2.29 bits per heavy atom. The van der Waals surface area contributed by atoms with Gasteiger partial charge in [-0.05, 0) is 34.1 Å². The van der Waals surface area contributed by atoms with E-state index in [-0.39, 0.29) is 12.4 Å². The lowest BCUT2D eigenvalue weighted by Gasteiger charge is -2.11. The van der Waals surface area contributed by atoms with Crippen molar-refractivity contribution in [2.75, 3.05) is 5.06 Å². The molecule has 0 atom stereocenters. The van der Waals surface area contributed by atoms with Gasteiger partial charge < -0.3 is 0 Å². The first kappa shape index (κ1) is 13.6. The van der Waals surface area contributed by atoms with Crippen molar-refractivity contribution in [1.82, 2.24) is 30.4 Å². The van der Waals surface area contributed by atoms with Crippen molar-refractivity contribution in [2.24, 2.45) is 0 Å². The fourth-order valence-electron chi connectivity index (χ4n) is 1.69. The van der Waals surface area contributed by atoms with Crippen LogP contribution in [-0.4, -0.2) is 35.6 Å². The normalized spacial score (nSPS) is 10.8. The fraction of sp³-hybridized carbons (Fsp3) is 0.0909. The Morgan fingerprint density at radius 3 is 3.00 bits per heavy atom. The number of hydrogen-bond donors (Lipinski definition) is 2. The maximum atomic E-state index is 13.2. The highest BCUT2D eigenvalue weighted by Gasteiger charge is 2.11. The number of halogens is 2. The molecule has 0 amide bonds. The first-order valence-electron chi connectivity index (χ1n) is 5.82. The summed E-state index contributed by atoms with van der Waals surface area (Å²) >= 11 is 3.12. The summed E-state index contributed by atoms with van der Waals surface area (Å²) in [7, 11) is 0. The van der Waals surface area contributed by atoms with Crippen molar-refractivity contribution in [3.05, 3.63) is 46.7 Å². The number of hydrogen-bond acceptors (Lipinski definition) is 6. The summed E-state index contributed by atoms with van der Waals surface area (Å²) < 4.78 is 15.1. The largest absolute Gasteiger partial charge is 0.288 e. The predicted octanol–water partition coefficient (Wildman–Crippen LogP) is 1.68. The summed E-state index contributed by atoms with van der Waals surface area (Å²) in [6, 6.07) is 4.50. The lowest BCUT2D eigenvalue weighted by molar-refractivity contribution is 0.247. The molecule has 0 fully saturated rings. The average Bonchev–Trinajstić information content (AvgIpc) is 3.12. The summed E-state index contributed by atoms with van der Waals surface area (Å²) in [6.45, 7) is 0.0648. The Bertz CT molecular complexity index is 745. The molecule has 3 rings (SSSR count). The molecule has 0 saturated carbocycles. The number of H-pyrrole nitrogens is 1. The molecule has 2 N–H and O–H groups in total. The van der Waals surface area contributed by atoms with Crippen LogP contribution in [0.4, 0.5) is 10.1 Å². The van der Waals surface area contributed by atoms with E-state index in [1.54, 1.807) is 18.3 Å². The molecule has 1 aromatic carbocycles. The molecule has 0 radical (unpaired) electrons. The van der Waals surface area contributed by atoms with Gasteiger partial charge in [0.1, 0.15) is 18.0 Å². The van der Waals surface area contributed by atoms with Crippen LogP contribution in [0.15, 0.2) is 35.1 Å². The first-order valence-corrected chi connectivity index (χ1v) is 6.61. The minimum atomic E-state index is -0.355. The summed E-state index contributed by atoms with van der Waals surface area (Å²) in [5.74, 6) is -0.0122. The lowest BCUT2D eigenvalue weighted by Crippen LogP contribution is -2.17. The van der Waals surface area contributed by atoms with Crippen molar-refractivity contribution in [3.8, 4) is 5.69 Å². The second kappa shape index (κ2) is 5.58. The molecule has 2 aromatic heterocycles.